The number of aromatic nitrogens is 4. The molecule has 0 aliphatic heterocycles. The van der Waals surface area contributed by atoms with E-state index in [4.69, 9.17) is 25.7 Å². The summed E-state index contributed by atoms with van der Waals surface area (Å²) >= 11 is 0. The number of anilines is 1. The van der Waals surface area contributed by atoms with Gasteiger partial charge in [0.25, 0.3) is 5.56 Å². The maximum Gasteiger partial charge on any atom is 0.323 e. The van der Waals surface area contributed by atoms with E-state index < -0.39 is 23.7 Å². The van der Waals surface area contributed by atoms with Gasteiger partial charge in [0.2, 0.25) is 5.95 Å². The molecule has 11 heteroatoms. The standard InChI is InChI=1S/C15H24N6O5/c1-8(2)10(16)14(23)25-5-9(4-24-3)26-7-21-6-18-11-12(21)19-15(17)20-13(11)22/h6,8-10H,4-5,7,16H2,1-3H3,(H3,17,19,20,22). The van der Waals surface area contributed by atoms with Crippen LogP contribution in [0.1, 0.15) is 13.8 Å². The van der Waals surface area contributed by atoms with Crippen molar-refractivity contribution in [2.45, 2.75) is 32.7 Å². The Kier molecular flexibility index (Phi) is 6.66. The Labute approximate surface area is 149 Å². The van der Waals surface area contributed by atoms with Crippen LogP contribution in [-0.2, 0) is 25.7 Å². The zero-order chi connectivity index (χ0) is 19.3. The molecule has 0 amide bonds. The van der Waals surface area contributed by atoms with Crippen molar-refractivity contribution in [3.05, 3.63) is 16.7 Å². The molecular formula is C15H24N6O5. The van der Waals surface area contributed by atoms with Gasteiger partial charge in [-0.1, -0.05) is 13.8 Å². The van der Waals surface area contributed by atoms with E-state index in [0.717, 1.165) is 0 Å². The summed E-state index contributed by atoms with van der Waals surface area (Å²) in [6.45, 7) is 3.87. The number of rotatable bonds is 9. The minimum absolute atomic E-state index is 0.0180. The van der Waals surface area contributed by atoms with Gasteiger partial charge in [-0.2, -0.15) is 4.98 Å². The van der Waals surface area contributed by atoms with Crippen LogP contribution in [0.5, 0.6) is 0 Å². The van der Waals surface area contributed by atoms with Gasteiger partial charge in [0.05, 0.1) is 12.9 Å². The number of carbonyl (C=O) groups is 1. The molecule has 26 heavy (non-hydrogen) atoms. The number of hydrogen-bond acceptors (Lipinski definition) is 9. The predicted octanol–water partition coefficient (Wildman–Crippen LogP) is -0.783. The highest BCUT2D eigenvalue weighted by Gasteiger charge is 2.21. The molecule has 0 saturated carbocycles. The largest absolute Gasteiger partial charge is 0.462 e. The molecule has 0 fully saturated rings. The third-order valence-electron chi connectivity index (χ3n) is 3.70. The second kappa shape index (κ2) is 8.74. The van der Waals surface area contributed by atoms with Crippen LogP contribution in [0, 0.1) is 5.92 Å². The van der Waals surface area contributed by atoms with Gasteiger partial charge in [-0.25, -0.2) is 4.98 Å². The average Bonchev–Trinajstić information content (AvgIpc) is 2.99. The van der Waals surface area contributed by atoms with Crippen molar-refractivity contribution in [3.63, 3.8) is 0 Å². The molecule has 0 aliphatic carbocycles. The van der Waals surface area contributed by atoms with Crippen LogP contribution in [0.3, 0.4) is 0 Å². The Balaban J connectivity index is 2.00. The smallest absolute Gasteiger partial charge is 0.323 e. The van der Waals surface area contributed by atoms with Crippen LogP contribution in [0.2, 0.25) is 0 Å². The number of carbonyl (C=O) groups excluding carboxylic acids is 1. The number of methoxy groups -OCH3 is 1. The van der Waals surface area contributed by atoms with Crippen LogP contribution in [-0.4, -0.2) is 58.0 Å². The Hall–Kier alpha value is -2.50. The molecule has 2 atom stereocenters. The first-order valence-corrected chi connectivity index (χ1v) is 8.06. The van der Waals surface area contributed by atoms with Crippen molar-refractivity contribution in [2.24, 2.45) is 11.7 Å². The summed E-state index contributed by atoms with van der Waals surface area (Å²) in [7, 11) is 1.51. The van der Waals surface area contributed by atoms with E-state index in [9.17, 15) is 9.59 Å². The molecule has 0 radical (unpaired) electrons. The molecule has 0 bridgehead atoms. The highest BCUT2D eigenvalue weighted by molar-refractivity contribution is 5.75. The van der Waals surface area contributed by atoms with Crippen molar-refractivity contribution in [2.75, 3.05) is 26.1 Å². The zero-order valence-corrected chi connectivity index (χ0v) is 15.0. The number of nitrogens with two attached hydrogens (primary N) is 2. The number of esters is 1. The highest BCUT2D eigenvalue weighted by Crippen LogP contribution is 2.08. The summed E-state index contributed by atoms with van der Waals surface area (Å²) in [6, 6.07) is -0.699. The van der Waals surface area contributed by atoms with Crippen molar-refractivity contribution in [1.82, 2.24) is 19.5 Å². The molecule has 0 aromatic carbocycles. The third-order valence-corrected chi connectivity index (χ3v) is 3.70. The van der Waals surface area contributed by atoms with Crippen LogP contribution < -0.4 is 17.0 Å². The summed E-state index contributed by atoms with van der Waals surface area (Å²) < 4.78 is 17.5. The highest BCUT2D eigenvalue weighted by atomic mass is 16.6. The lowest BCUT2D eigenvalue weighted by atomic mass is 10.1. The summed E-state index contributed by atoms with van der Waals surface area (Å²) in [4.78, 5) is 34.0. The molecule has 2 aromatic heterocycles. The Morgan fingerprint density at radius 3 is 2.77 bits per heavy atom. The first kappa shape index (κ1) is 19.8. The fraction of sp³-hybridized carbons (Fsp3) is 0.600. The number of nitrogens with zero attached hydrogens (tertiary/aromatic N) is 3. The molecule has 2 rings (SSSR count). The summed E-state index contributed by atoms with van der Waals surface area (Å²) in [6.07, 6.45) is 0.886. The maximum atomic E-state index is 11.9. The van der Waals surface area contributed by atoms with Crippen molar-refractivity contribution in [3.8, 4) is 0 Å². The Morgan fingerprint density at radius 2 is 2.12 bits per heavy atom. The number of hydrogen-bond donors (Lipinski definition) is 3. The van der Waals surface area contributed by atoms with Gasteiger partial charge in [-0.05, 0) is 5.92 Å². The Morgan fingerprint density at radius 1 is 1.38 bits per heavy atom. The van der Waals surface area contributed by atoms with Gasteiger partial charge in [0.15, 0.2) is 11.2 Å². The minimum atomic E-state index is -0.699. The summed E-state index contributed by atoms with van der Waals surface area (Å²) in [5.41, 5.74) is 11.3. The fourth-order valence-corrected chi connectivity index (χ4v) is 2.12. The number of H-pyrrole nitrogens is 1. The van der Waals surface area contributed by atoms with Gasteiger partial charge in [-0.3, -0.25) is 19.1 Å². The van der Waals surface area contributed by atoms with E-state index in [2.05, 4.69) is 15.0 Å². The van der Waals surface area contributed by atoms with E-state index in [0.29, 0.717) is 5.65 Å². The average molecular weight is 368 g/mol. The monoisotopic (exact) mass is 368 g/mol. The molecule has 0 saturated heterocycles. The first-order valence-electron chi connectivity index (χ1n) is 8.06. The summed E-state index contributed by atoms with van der Waals surface area (Å²) in [5.74, 6) is -0.552. The van der Waals surface area contributed by atoms with Gasteiger partial charge >= 0.3 is 5.97 Å². The molecule has 2 heterocycles. The first-order chi connectivity index (χ1) is 12.3. The van der Waals surface area contributed by atoms with Crippen LogP contribution >= 0.6 is 0 Å². The molecular weight excluding hydrogens is 344 g/mol. The lowest BCUT2D eigenvalue weighted by molar-refractivity contribution is -0.153. The molecule has 2 unspecified atom stereocenters. The van der Waals surface area contributed by atoms with Gasteiger partial charge in [0.1, 0.15) is 25.5 Å². The molecule has 11 nitrogen and oxygen atoms in total. The van der Waals surface area contributed by atoms with Gasteiger partial charge < -0.3 is 25.7 Å². The van der Waals surface area contributed by atoms with E-state index >= 15 is 0 Å². The van der Waals surface area contributed by atoms with Crippen LogP contribution in [0.15, 0.2) is 11.1 Å². The number of nitrogens with one attached hydrogen (secondary N) is 1. The van der Waals surface area contributed by atoms with Gasteiger partial charge in [-0.15, -0.1) is 0 Å². The quantitative estimate of drug-likeness (QED) is 0.482. The molecule has 144 valence electrons. The molecule has 2 aromatic rings. The lowest BCUT2D eigenvalue weighted by Gasteiger charge is -2.20. The van der Waals surface area contributed by atoms with Gasteiger partial charge in [0, 0.05) is 7.11 Å². The molecule has 0 aliphatic rings. The maximum absolute atomic E-state index is 11.9. The van der Waals surface area contributed by atoms with E-state index in [1.54, 1.807) is 0 Å². The summed E-state index contributed by atoms with van der Waals surface area (Å²) in [5, 5.41) is 0. The lowest BCUT2D eigenvalue weighted by Crippen LogP contribution is -2.39. The number of imidazole rings is 1. The number of fused-ring (bicyclic) bond motifs is 1. The number of aromatic amines is 1. The SMILES string of the molecule is COCC(COC(=O)C(N)C(C)C)OCn1cnc2c(=O)[nH]c(N)nc21. The predicted molar refractivity (Wildman–Crippen MR) is 93.1 cm³/mol. The van der Waals surface area contributed by atoms with Crippen molar-refractivity contribution < 1.29 is 19.0 Å². The number of nitrogen functional groups attached to an aromatic ring is 1. The number of ether oxygens (including phenoxy) is 3. The molecule has 5 N–H and O–H groups in total. The third kappa shape index (κ3) is 4.77. The normalized spacial score (nSPS) is 13.9. The van der Waals surface area contributed by atoms with Crippen molar-refractivity contribution >= 4 is 23.1 Å². The van der Waals surface area contributed by atoms with E-state index in [1.165, 1.54) is 18.0 Å². The van der Waals surface area contributed by atoms with E-state index in [-0.39, 0.29) is 37.3 Å². The van der Waals surface area contributed by atoms with Crippen LogP contribution in [0.25, 0.3) is 11.2 Å². The fourth-order valence-electron chi connectivity index (χ4n) is 2.12. The minimum Gasteiger partial charge on any atom is -0.462 e. The second-order valence-corrected chi connectivity index (χ2v) is 6.11. The topological polar surface area (TPSA) is 160 Å². The second-order valence-electron chi connectivity index (χ2n) is 6.11. The zero-order valence-electron chi connectivity index (χ0n) is 15.0. The molecule has 0 spiro atoms. The van der Waals surface area contributed by atoms with Crippen molar-refractivity contribution in [1.29, 1.82) is 0 Å². The van der Waals surface area contributed by atoms with Crippen LogP contribution in [0.4, 0.5) is 5.95 Å². The Bertz CT molecular complexity index is 801. The van der Waals surface area contributed by atoms with E-state index in [1.807, 2.05) is 13.8 Å².